The molecule has 0 saturated carbocycles. The molecule has 0 amide bonds. The van der Waals surface area contributed by atoms with Gasteiger partial charge in [0.15, 0.2) is 5.13 Å². The third-order valence-corrected chi connectivity index (χ3v) is 3.67. The van der Waals surface area contributed by atoms with E-state index in [1.165, 1.54) is 10.4 Å². The van der Waals surface area contributed by atoms with E-state index in [9.17, 15) is 0 Å². The minimum Gasteiger partial charge on any atom is -0.365 e. The van der Waals surface area contributed by atoms with Crippen molar-refractivity contribution in [2.75, 3.05) is 12.4 Å². The quantitative estimate of drug-likeness (QED) is 0.899. The maximum absolute atomic E-state index is 5.83. The number of anilines is 1. The molecule has 1 heterocycles. The summed E-state index contributed by atoms with van der Waals surface area (Å²) in [6.07, 6.45) is 4.00. The Morgan fingerprint density at radius 1 is 1.25 bits per heavy atom. The van der Waals surface area contributed by atoms with Crippen LogP contribution in [0.1, 0.15) is 10.4 Å². The van der Waals surface area contributed by atoms with Crippen molar-refractivity contribution in [1.82, 2.24) is 4.98 Å². The van der Waals surface area contributed by atoms with E-state index in [2.05, 4.69) is 22.4 Å². The molecule has 0 unspecified atom stereocenters. The summed E-state index contributed by atoms with van der Waals surface area (Å²) in [5.74, 6) is 0. The number of hydrogen-bond donors (Lipinski definition) is 1. The van der Waals surface area contributed by atoms with Gasteiger partial charge in [-0.25, -0.2) is 4.98 Å². The summed E-state index contributed by atoms with van der Waals surface area (Å²) in [6, 6.07) is 8.01. The SMILES string of the molecule is CNc1ncc(CCc2ccc(Cl)cc2)s1. The molecule has 2 nitrogen and oxygen atoms in total. The fraction of sp³-hybridized carbons (Fsp3) is 0.250. The van der Waals surface area contributed by atoms with Gasteiger partial charge in [0.1, 0.15) is 0 Å². The zero-order valence-electron chi connectivity index (χ0n) is 9.03. The van der Waals surface area contributed by atoms with Gasteiger partial charge in [0.05, 0.1) is 0 Å². The van der Waals surface area contributed by atoms with Crippen LogP contribution in [0.3, 0.4) is 0 Å². The van der Waals surface area contributed by atoms with Crippen molar-refractivity contribution < 1.29 is 0 Å². The van der Waals surface area contributed by atoms with Gasteiger partial charge >= 0.3 is 0 Å². The number of halogens is 1. The van der Waals surface area contributed by atoms with Crippen LogP contribution in [0.15, 0.2) is 30.5 Å². The minimum atomic E-state index is 0.791. The highest BCUT2D eigenvalue weighted by Crippen LogP contribution is 2.19. The fourth-order valence-corrected chi connectivity index (χ4v) is 2.35. The van der Waals surface area contributed by atoms with E-state index in [0.29, 0.717) is 0 Å². The van der Waals surface area contributed by atoms with Gasteiger partial charge in [-0.15, -0.1) is 11.3 Å². The van der Waals surface area contributed by atoms with E-state index in [1.54, 1.807) is 11.3 Å². The molecule has 0 aliphatic rings. The Kier molecular flexibility index (Phi) is 3.80. The Balaban J connectivity index is 1.94. The average Bonchev–Trinajstić information content (AvgIpc) is 2.76. The van der Waals surface area contributed by atoms with E-state index in [4.69, 9.17) is 11.6 Å². The third kappa shape index (κ3) is 2.97. The molecule has 2 rings (SSSR count). The summed E-state index contributed by atoms with van der Waals surface area (Å²) < 4.78 is 0. The molecule has 1 N–H and O–H groups in total. The lowest BCUT2D eigenvalue weighted by Gasteiger charge is -1.99. The Morgan fingerprint density at radius 2 is 2.00 bits per heavy atom. The van der Waals surface area contributed by atoms with Crippen LogP contribution >= 0.6 is 22.9 Å². The molecule has 0 radical (unpaired) electrons. The molecular weight excluding hydrogens is 240 g/mol. The molecule has 2 aromatic rings. The van der Waals surface area contributed by atoms with Crippen LogP contribution in [-0.2, 0) is 12.8 Å². The predicted octanol–water partition coefficient (Wildman–Crippen LogP) is 3.62. The highest BCUT2D eigenvalue weighted by molar-refractivity contribution is 7.15. The molecule has 0 spiro atoms. The summed E-state index contributed by atoms with van der Waals surface area (Å²) >= 11 is 7.54. The number of aryl methyl sites for hydroxylation is 2. The summed E-state index contributed by atoms with van der Waals surface area (Å²) in [5.41, 5.74) is 1.31. The second kappa shape index (κ2) is 5.32. The van der Waals surface area contributed by atoms with Gasteiger partial charge in [0.2, 0.25) is 0 Å². The predicted molar refractivity (Wildman–Crippen MR) is 70.5 cm³/mol. The summed E-state index contributed by atoms with van der Waals surface area (Å²) in [7, 11) is 1.89. The largest absolute Gasteiger partial charge is 0.365 e. The van der Waals surface area contributed by atoms with Crippen LogP contribution in [0.25, 0.3) is 0 Å². The topological polar surface area (TPSA) is 24.9 Å². The zero-order chi connectivity index (χ0) is 11.4. The molecule has 0 fully saturated rings. The first-order valence-electron chi connectivity index (χ1n) is 5.15. The Hall–Kier alpha value is -1.06. The standard InChI is InChI=1S/C12H13ClN2S/c1-14-12-15-8-11(16-12)7-4-9-2-5-10(13)6-3-9/h2-3,5-6,8H,4,7H2,1H3,(H,14,15). The van der Waals surface area contributed by atoms with Gasteiger partial charge < -0.3 is 5.32 Å². The molecule has 1 aromatic heterocycles. The van der Waals surface area contributed by atoms with Crippen molar-refractivity contribution >= 4 is 28.1 Å². The van der Waals surface area contributed by atoms with Crippen LogP contribution in [0.5, 0.6) is 0 Å². The lowest BCUT2D eigenvalue weighted by atomic mass is 10.1. The van der Waals surface area contributed by atoms with Gasteiger partial charge in [-0.1, -0.05) is 23.7 Å². The number of benzene rings is 1. The second-order valence-electron chi connectivity index (χ2n) is 3.51. The maximum Gasteiger partial charge on any atom is 0.182 e. The van der Waals surface area contributed by atoms with Crippen LogP contribution in [0.4, 0.5) is 5.13 Å². The summed E-state index contributed by atoms with van der Waals surface area (Å²) in [6.45, 7) is 0. The molecular formula is C12H13ClN2S. The van der Waals surface area contributed by atoms with Crippen molar-refractivity contribution in [3.8, 4) is 0 Å². The molecule has 0 saturated heterocycles. The lowest BCUT2D eigenvalue weighted by Crippen LogP contribution is -1.88. The van der Waals surface area contributed by atoms with Crippen LogP contribution < -0.4 is 5.32 Å². The molecule has 16 heavy (non-hydrogen) atoms. The Morgan fingerprint density at radius 3 is 2.62 bits per heavy atom. The minimum absolute atomic E-state index is 0.791. The van der Waals surface area contributed by atoms with E-state index < -0.39 is 0 Å². The van der Waals surface area contributed by atoms with Gasteiger partial charge in [-0.2, -0.15) is 0 Å². The average molecular weight is 253 g/mol. The van der Waals surface area contributed by atoms with Crippen LogP contribution in [0, 0.1) is 0 Å². The van der Waals surface area contributed by atoms with Crippen LogP contribution in [0.2, 0.25) is 5.02 Å². The van der Waals surface area contributed by atoms with Crippen molar-refractivity contribution in [2.24, 2.45) is 0 Å². The lowest BCUT2D eigenvalue weighted by molar-refractivity contribution is 0.976. The smallest absolute Gasteiger partial charge is 0.182 e. The van der Waals surface area contributed by atoms with Crippen molar-refractivity contribution in [3.63, 3.8) is 0 Å². The normalized spacial score (nSPS) is 10.4. The first-order valence-corrected chi connectivity index (χ1v) is 6.34. The van der Waals surface area contributed by atoms with Crippen molar-refractivity contribution in [3.05, 3.63) is 45.9 Å². The molecule has 84 valence electrons. The van der Waals surface area contributed by atoms with E-state index in [0.717, 1.165) is 23.0 Å². The molecule has 0 atom stereocenters. The van der Waals surface area contributed by atoms with Gasteiger partial charge in [-0.3, -0.25) is 0 Å². The third-order valence-electron chi connectivity index (χ3n) is 2.34. The molecule has 0 bridgehead atoms. The first kappa shape index (κ1) is 11.4. The Bertz CT molecular complexity index is 450. The first-order chi connectivity index (χ1) is 7.78. The number of rotatable bonds is 4. The number of thiazole rings is 1. The Labute approximate surface area is 104 Å². The summed E-state index contributed by atoms with van der Waals surface area (Å²) in [5, 5.41) is 4.81. The van der Waals surface area contributed by atoms with Crippen LogP contribution in [-0.4, -0.2) is 12.0 Å². The fourth-order valence-electron chi connectivity index (χ4n) is 1.46. The number of hydrogen-bond acceptors (Lipinski definition) is 3. The molecule has 0 aliphatic carbocycles. The second-order valence-corrected chi connectivity index (χ2v) is 5.06. The number of nitrogens with one attached hydrogen (secondary N) is 1. The zero-order valence-corrected chi connectivity index (χ0v) is 10.6. The monoisotopic (exact) mass is 252 g/mol. The van der Waals surface area contributed by atoms with E-state index >= 15 is 0 Å². The van der Waals surface area contributed by atoms with E-state index in [-0.39, 0.29) is 0 Å². The van der Waals surface area contributed by atoms with Gasteiger partial charge in [0, 0.05) is 23.1 Å². The van der Waals surface area contributed by atoms with Gasteiger partial charge in [-0.05, 0) is 30.5 Å². The highest BCUT2D eigenvalue weighted by atomic mass is 35.5. The van der Waals surface area contributed by atoms with E-state index in [1.807, 2.05) is 25.4 Å². The molecule has 1 aromatic carbocycles. The van der Waals surface area contributed by atoms with Crippen molar-refractivity contribution in [2.45, 2.75) is 12.8 Å². The molecule has 0 aliphatic heterocycles. The highest BCUT2D eigenvalue weighted by Gasteiger charge is 2.01. The maximum atomic E-state index is 5.83. The summed E-state index contributed by atoms with van der Waals surface area (Å²) in [4.78, 5) is 5.55. The van der Waals surface area contributed by atoms with Crippen molar-refractivity contribution in [1.29, 1.82) is 0 Å². The number of aromatic nitrogens is 1. The molecule has 4 heteroatoms. The number of nitrogens with zero attached hydrogens (tertiary/aromatic N) is 1. The van der Waals surface area contributed by atoms with Gasteiger partial charge in [0.25, 0.3) is 0 Å².